The largest absolute Gasteiger partial charge is 2.00 e. The summed E-state index contributed by atoms with van der Waals surface area (Å²) in [6, 6.07) is 36.3. The quantitative estimate of drug-likeness (QED) is 0.0605. The number of nitrogens with zero attached hydrogens (tertiary/aromatic N) is 2. The molecule has 4 N–H and O–H groups in total. The van der Waals surface area contributed by atoms with Gasteiger partial charge >= 0.3 is 51.2 Å². The van der Waals surface area contributed by atoms with Crippen LogP contribution in [0.2, 0.25) is 0 Å². The van der Waals surface area contributed by atoms with Gasteiger partial charge in [0.05, 0.1) is 32.0 Å². The molecule has 6 aromatic carbocycles. The first kappa shape index (κ1) is 49.2. The van der Waals surface area contributed by atoms with E-state index in [1.807, 2.05) is 9.80 Å². The molecule has 0 saturated carbocycles. The molecule has 63 heavy (non-hydrogen) atoms. The van der Waals surface area contributed by atoms with E-state index in [4.69, 9.17) is 20.4 Å². The van der Waals surface area contributed by atoms with Crippen molar-refractivity contribution in [2.24, 2.45) is 0 Å². The van der Waals surface area contributed by atoms with E-state index in [-0.39, 0.29) is 59.3 Å². The van der Waals surface area contributed by atoms with E-state index in [2.05, 4.69) is 0 Å². The molecule has 0 aliphatic heterocycles. The summed E-state index contributed by atoms with van der Waals surface area (Å²) < 4.78 is 67.2. The molecule has 0 heterocycles. The van der Waals surface area contributed by atoms with Gasteiger partial charge in [0.15, 0.2) is 0 Å². The maximum absolute atomic E-state index is 11.2. The zero-order valence-corrected chi connectivity index (χ0v) is 38.6. The smallest absolute Gasteiger partial charge is 0.744 e. The number of benzene rings is 6. The van der Waals surface area contributed by atoms with E-state index in [0.717, 1.165) is 22.3 Å². The Morgan fingerprint density at radius 3 is 0.714 bits per heavy atom. The minimum Gasteiger partial charge on any atom is -0.744 e. The molecule has 6 aromatic rings. The van der Waals surface area contributed by atoms with Crippen molar-refractivity contribution >= 4 is 55.5 Å². The number of aromatic carboxylic acids is 4. The van der Waals surface area contributed by atoms with Crippen molar-refractivity contribution in [2.45, 2.75) is 36.0 Å². The second kappa shape index (κ2) is 21.6. The number of anilines is 2. The SMILES string of the molecule is O=C(O)c1ccc(CN(Cc2ccc(C(=O)O)cc2)c2ccc(S(=O)(=O)[O-])cc2)cc1.O=C(O)c1ccc(CN(Cc2ccc(C(=O)O)cc2)c2ccc(S(=O)(=O)[O-])cc2)cc1.[Cd+2]. The van der Waals surface area contributed by atoms with Crippen LogP contribution < -0.4 is 9.80 Å². The average molecular weight is 993 g/mol. The topological polar surface area (TPSA) is 270 Å². The fourth-order valence-electron chi connectivity index (χ4n) is 6.02. The van der Waals surface area contributed by atoms with Gasteiger partial charge in [0, 0.05) is 37.6 Å². The average Bonchev–Trinajstić information content (AvgIpc) is 3.23. The van der Waals surface area contributed by atoms with E-state index in [0.29, 0.717) is 37.6 Å². The minimum absolute atomic E-state index is 0. The molecule has 0 aliphatic rings. The number of hydrogen-bond acceptors (Lipinski definition) is 12. The van der Waals surface area contributed by atoms with Crippen molar-refractivity contribution < 1.29 is 92.8 Å². The van der Waals surface area contributed by atoms with Gasteiger partial charge in [0.2, 0.25) is 0 Å². The van der Waals surface area contributed by atoms with Crippen LogP contribution in [0.15, 0.2) is 155 Å². The molecule has 0 radical (unpaired) electrons. The summed E-state index contributed by atoms with van der Waals surface area (Å²) in [5, 5.41) is 36.2. The van der Waals surface area contributed by atoms with Crippen molar-refractivity contribution in [2.75, 3.05) is 9.80 Å². The molecule has 0 fully saturated rings. The summed E-state index contributed by atoms with van der Waals surface area (Å²) >= 11 is 0. The second-order valence-electron chi connectivity index (χ2n) is 13.6. The fraction of sp³-hybridized carbons (Fsp3) is 0.0909. The van der Waals surface area contributed by atoms with Crippen molar-refractivity contribution in [1.29, 1.82) is 0 Å². The van der Waals surface area contributed by atoms with Gasteiger partial charge in [-0.05, 0) is 119 Å². The van der Waals surface area contributed by atoms with Crippen molar-refractivity contribution in [1.82, 2.24) is 0 Å². The van der Waals surface area contributed by atoms with E-state index in [9.17, 15) is 45.1 Å². The molecular weight excluding hydrogens is 957 g/mol. The van der Waals surface area contributed by atoms with Crippen LogP contribution in [0.4, 0.5) is 11.4 Å². The summed E-state index contributed by atoms with van der Waals surface area (Å²) in [7, 11) is -9.14. The molecule has 0 aliphatic carbocycles. The molecule has 6 rings (SSSR count). The maximum atomic E-state index is 11.2. The molecule has 0 atom stereocenters. The van der Waals surface area contributed by atoms with E-state index < -0.39 is 44.1 Å². The van der Waals surface area contributed by atoms with Crippen LogP contribution >= 0.6 is 0 Å². The summed E-state index contributed by atoms with van der Waals surface area (Å²) in [6.45, 7) is 1.46. The van der Waals surface area contributed by atoms with Crippen LogP contribution in [0.5, 0.6) is 0 Å². The first-order valence-electron chi connectivity index (χ1n) is 18.2. The molecule has 320 valence electrons. The summed E-state index contributed by atoms with van der Waals surface area (Å²) in [4.78, 5) is 47.3. The zero-order valence-electron chi connectivity index (χ0n) is 33.0. The monoisotopic (exact) mass is 994 g/mol. The number of carboxylic acids is 4. The van der Waals surface area contributed by atoms with Gasteiger partial charge in [-0.1, -0.05) is 48.5 Å². The van der Waals surface area contributed by atoms with Gasteiger partial charge in [-0.2, -0.15) is 0 Å². The Balaban J connectivity index is 0.000000272. The maximum Gasteiger partial charge on any atom is 2.00 e. The molecule has 0 bridgehead atoms. The predicted octanol–water partition coefficient (Wildman–Crippen LogP) is 6.39. The number of carboxylic acid groups (broad SMARTS) is 4. The summed E-state index contributed by atoms with van der Waals surface area (Å²) in [6.07, 6.45) is 0. The molecule has 0 aromatic heterocycles. The number of hydrogen-bond donors (Lipinski definition) is 4. The molecule has 19 heteroatoms. The third kappa shape index (κ3) is 14.3. The van der Waals surface area contributed by atoms with E-state index in [1.54, 1.807) is 48.5 Å². The zero-order chi connectivity index (χ0) is 45.2. The molecule has 0 saturated heterocycles. The Morgan fingerprint density at radius 1 is 0.365 bits per heavy atom. The van der Waals surface area contributed by atoms with Crippen LogP contribution in [-0.4, -0.2) is 70.2 Å². The molecule has 16 nitrogen and oxygen atoms in total. The third-order valence-electron chi connectivity index (χ3n) is 9.28. The van der Waals surface area contributed by atoms with Crippen LogP contribution in [0.1, 0.15) is 63.7 Å². The van der Waals surface area contributed by atoms with E-state index >= 15 is 0 Å². The predicted molar refractivity (Wildman–Crippen MR) is 222 cm³/mol. The van der Waals surface area contributed by atoms with Crippen molar-refractivity contribution in [3.8, 4) is 0 Å². The first-order valence-corrected chi connectivity index (χ1v) is 21.0. The van der Waals surface area contributed by atoms with Gasteiger partial charge in [-0.15, -0.1) is 0 Å². The Morgan fingerprint density at radius 2 is 0.556 bits per heavy atom. The minimum atomic E-state index is -4.57. The Hall–Kier alpha value is -6.46. The number of rotatable bonds is 16. The first-order chi connectivity index (χ1) is 29.3. The van der Waals surface area contributed by atoms with Crippen LogP contribution in [0, 0.1) is 0 Å². The van der Waals surface area contributed by atoms with Gasteiger partial charge in [-0.3, -0.25) is 0 Å². The van der Waals surface area contributed by atoms with Gasteiger partial charge in [0.1, 0.15) is 20.2 Å². The van der Waals surface area contributed by atoms with E-state index in [1.165, 1.54) is 97.1 Å². The Bertz CT molecular complexity index is 2460. The molecule has 0 spiro atoms. The summed E-state index contributed by atoms with van der Waals surface area (Å²) in [5.41, 5.74) is 5.15. The molecular formula is C44H36CdN2O14S2. The Labute approximate surface area is 382 Å². The van der Waals surface area contributed by atoms with Gasteiger partial charge < -0.3 is 39.3 Å². The molecule has 0 amide bonds. The molecule has 0 unspecified atom stereocenters. The standard InChI is InChI=1S/2C22H19NO7S.Cd/c2*24-21(25)17-5-1-15(2-6-17)13-23(14-16-3-7-18(8-4-16)22(26)27)19-9-11-20(12-10-19)31(28,29)30;/h2*1-12H,13-14H2,(H,24,25)(H,26,27)(H,28,29,30);/q;;+2/p-2. The van der Waals surface area contributed by atoms with Gasteiger partial charge in [-0.25, -0.2) is 36.0 Å². The fourth-order valence-corrected chi connectivity index (χ4v) is 6.96. The normalized spacial score (nSPS) is 11.0. The van der Waals surface area contributed by atoms with Gasteiger partial charge in [0.25, 0.3) is 0 Å². The van der Waals surface area contributed by atoms with Crippen LogP contribution in [0.3, 0.4) is 0 Å². The summed E-state index contributed by atoms with van der Waals surface area (Å²) in [5.74, 6) is -4.12. The van der Waals surface area contributed by atoms with Crippen molar-refractivity contribution in [3.05, 3.63) is 190 Å². The van der Waals surface area contributed by atoms with Crippen molar-refractivity contribution in [3.63, 3.8) is 0 Å². The van der Waals surface area contributed by atoms with Crippen LogP contribution in [0.25, 0.3) is 0 Å². The number of carbonyl (C=O) groups is 4. The second-order valence-corrected chi connectivity index (χ2v) is 16.4. The van der Waals surface area contributed by atoms with Crippen LogP contribution in [-0.2, 0) is 73.7 Å². The third-order valence-corrected chi connectivity index (χ3v) is 11.0. The Kier molecular flexibility index (Phi) is 16.8.